The summed E-state index contributed by atoms with van der Waals surface area (Å²) in [7, 11) is 0. The molecule has 3 heterocycles. The highest BCUT2D eigenvalue weighted by Crippen LogP contribution is 2.36. The number of nitrogens with one attached hydrogen (secondary N) is 1. The molecule has 0 radical (unpaired) electrons. The van der Waals surface area contributed by atoms with Crippen LogP contribution in [0.2, 0.25) is 0 Å². The topological polar surface area (TPSA) is 55.9 Å². The molecule has 160 valence electrons. The van der Waals surface area contributed by atoms with E-state index in [-0.39, 0.29) is 17.4 Å². The first-order valence-electron chi connectivity index (χ1n) is 10.6. The highest BCUT2D eigenvalue weighted by Gasteiger charge is 2.46. The van der Waals surface area contributed by atoms with Crippen molar-refractivity contribution in [1.29, 1.82) is 0 Å². The van der Waals surface area contributed by atoms with Crippen molar-refractivity contribution in [3.05, 3.63) is 52.2 Å². The lowest BCUT2D eigenvalue weighted by molar-refractivity contribution is -0.127. The van der Waals surface area contributed by atoms with E-state index in [0.29, 0.717) is 19.5 Å². The fourth-order valence-electron chi connectivity index (χ4n) is 4.65. The SMILES string of the molecule is CCN1C[C@@]2(CC1=O)CN(Cc1ccc(C)s1)CCN(C(=O)Nc1ccccc1)C2. The van der Waals surface area contributed by atoms with Gasteiger partial charge in [-0.3, -0.25) is 9.69 Å². The van der Waals surface area contributed by atoms with Crippen LogP contribution in [0, 0.1) is 12.3 Å². The average molecular weight is 427 g/mol. The summed E-state index contributed by atoms with van der Waals surface area (Å²) in [5, 5.41) is 3.02. The smallest absolute Gasteiger partial charge is 0.321 e. The molecule has 30 heavy (non-hydrogen) atoms. The largest absolute Gasteiger partial charge is 0.342 e. The lowest BCUT2D eigenvalue weighted by Gasteiger charge is -2.33. The van der Waals surface area contributed by atoms with E-state index in [1.807, 2.05) is 58.4 Å². The molecule has 0 unspecified atom stereocenters. The van der Waals surface area contributed by atoms with Crippen molar-refractivity contribution in [1.82, 2.24) is 14.7 Å². The van der Waals surface area contributed by atoms with Gasteiger partial charge in [0.05, 0.1) is 0 Å². The zero-order valence-corrected chi connectivity index (χ0v) is 18.6. The van der Waals surface area contributed by atoms with Crippen molar-refractivity contribution in [3.8, 4) is 0 Å². The molecule has 7 heteroatoms. The number of amides is 3. The van der Waals surface area contributed by atoms with E-state index in [0.717, 1.165) is 38.4 Å². The normalized spacial score (nSPS) is 22.5. The Morgan fingerprint density at radius 3 is 2.57 bits per heavy atom. The van der Waals surface area contributed by atoms with E-state index in [4.69, 9.17) is 0 Å². The molecule has 2 fully saturated rings. The van der Waals surface area contributed by atoms with Crippen molar-refractivity contribution < 1.29 is 9.59 Å². The van der Waals surface area contributed by atoms with Gasteiger partial charge < -0.3 is 15.1 Å². The molecule has 2 aliphatic rings. The van der Waals surface area contributed by atoms with Crippen LogP contribution in [0.3, 0.4) is 0 Å². The van der Waals surface area contributed by atoms with Crippen LogP contribution in [0.1, 0.15) is 23.1 Å². The Morgan fingerprint density at radius 1 is 1.10 bits per heavy atom. The second-order valence-corrected chi connectivity index (χ2v) is 9.90. The molecule has 1 aromatic carbocycles. The second-order valence-electron chi connectivity index (χ2n) is 8.53. The zero-order chi connectivity index (χ0) is 21.1. The van der Waals surface area contributed by atoms with Gasteiger partial charge in [0.25, 0.3) is 0 Å². The molecule has 2 saturated heterocycles. The van der Waals surface area contributed by atoms with Crippen LogP contribution < -0.4 is 5.32 Å². The molecule has 1 spiro atoms. The number of urea groups is 1. The minimum absolute atomic E-state index is 0.0863. The van der Waals surface area contributed by atoms with E-state index >= 15 is 0 Å². The van der Waals surface area contributed by atoms with Gasteiger partial charge in [0, 0.05) is 73.1 Å². The molecular weight excluding hydrogens is 396 g/mol. The standard InChI is InChI=1S/C23H30N4O2S/c1-3-26-16-23(13-21(26)28)15-25(14-20-10-9-18(2)30-20)11-12-27(17-23)22(29)24-19-7-5-4-6-8-19/h4-10H,3,11-17H2,1-2H3,(H,24,29)/t23-/m1/s1. The van der Waals surface area contributed by atoms with Gasteiger partial charge in [-0.05, 0) is 38.1 Å². The summed E-state index contributed by atoms with van der Waals surface area (Å²) in [5.74, 6) is 0.203. The zero-order valence-electron chi connectivity index (χ0n) is 17.8. The fraction of sp³-hybridized carbons (Fsp3) is 0.478. The minimum atomic E-state index is -0.218. The third-order valence-corrected chi connectivity index (χ3v) is 7.03. The Hall–Kier alpha value is -2.38. The molecule has 1 aromatic heterocycles. The second kappa shape index (κ2) is 8.78. The molecule has 1 atom stereocenters. The first-order valence-corrected chi connectivity index (χ1v) is 11.4. The molecule has 6 nitrogen and oxygen atoms in total. The third-order valence-electron chi connectivity index (χ3n) is 6.05. The number of carbonyl (C=O) groups is 2. The molecule has 0 aliphatic carbocycles. The number of hydrogen-bond donors (Lipinski definition) is 1. The molecule has 2 aliphatic heterocycles. The van der Waals surface area contributed by atoms with Gasteiger partial charge in [-0.25, -0.2) is 4.79 Å². The van der Waals surface area contributed by atoms with Gasteiger partial charge >= 0.3 is 6.03 Å². The number of anilines is 1. The maximum Gasteiger partial charge on any atom is 0.321 e. The number of carbonyl (C=O) groups excluding carboxylic acids is 2. The van der Waals surface area contributed by atoms with Crippen LogP contribution >= 0.6 is 11.3 Å². The van der Waals surface area contributed by atoms with Crippen LogP contribution in [0.15, 0.2) is 42.5 Å². The van der Waals surface area contributed by atoms with Crippen LogP contribution in [0.4, 0.5) is 10.5 Å². The predicted octanol–water partition coefficient (Wildman–Crippen LogP) is 3.64. The Morgan fingerprint density at radius 2 is 1.90 bits per heavy atom. The maximum absolute atomic E-state index is 13.1. The van der Waals surface area contributed by atoms with Crippen molar-refractivity contribution in [3.63, 3.8) is 0 Å². The van der Waals surface area contributed by atoms with Gasteiger partial charge in [0.1, 0.15) is 0 Å². The lowest BCUT2D eigenvalue weighted by Crippen LogP contribution is -2.45. The van der Waals surface area contributed by atoms with Gasteiger partial charge in [-0.2, -0.15) is 0 Å². The number of hydrogen-bond acceptors (Lipinski definition) is 4. The summed E-state index contributed by atoms with van der Waals surface area (Å²) in [6, 6.07) is 13.8. The third kappa shape index (κ3) is 4.68. The Bertz CT molecular complexity index is 900. The summed E-state index contributed by atoms with van der Waals surface area (Å²) in [4.78, 5) is 34.6. The monoisotopic (exact) mass is 426 g/mol. The van der Waals surface area contributed by atoms with Crippen molar-refractivity contribution >= 4 is 29.0 Å². The summed E-state index contributed by atoms with van der Waals surface area (Å²) in [6.45, 7) is 9.37. The molecule has 0 bridgehead atoms. The Balaban J connectivity index is 1.53. The predicted molar refractivity (Wildman–Crippen MR) is 121 cm³/mol. The summed E-state index contributed by atoms with van der Waals surface area (Å²) >= 11 is 1.82. The lowest BCUT2D eigenvalue weighted by atomic mass is 9.86. The number of benzene rings is 1. The number of thiophene rings is 1. The van der Waals surface area contributed by atoms with E-state index in [9.17, 15) is 9.59 Å². The van der Waals surface area contributed by atoms with Gasteiger partial charge in [-0.1, -0.05) is 18.2 Å². The highest BCUT2D eigenvalue weighted by molar-refractivity contribution is 7.11. The van der Waals surface area contributed by atoms with E-state index in [1.165, 1.54) is 9.75 Å². The van der Waals surface area contributed by atoms with E-state index < -0.39 is 0 Å². The summed E-state index contributed by atoms with van der Waals surface area (Å²) in [5.41, 5.74) is 0.577. The molecule has 0 saturated carbocycles. The van der Waals surface area contributed by atoms with Crippen LogP contribution in [0.5, 0.6) is 0 Å². The van der Waals surface area contributed by atoms with Crippen molar-refractivity contribution in [2.45, 2.75) is 26.8 Å². The van der Waals surface area contributed by atoms with Gasteiger partial charge in [0.2, 0.25) is 5.91 Å². The Kier molecular flexibility index (Phi) is 6.11. The molecule has 4 rings (SSSR count). The Labute approximate surface area is 182 Å². The average Bonchev–Trinajstić information content (AvgIpc) is 3.21. The van der Waals surface area contributed by atoms with Crippen LogP contribution in [-0.2, 0) is 11.3 Å². The van der Waals surface area contributed by atoms with E-state index in [1.54, 1.807) is 0 Å². The van der Waals surface area contributed by atoms with Crippen LogP contribution in [0.25, 0.3) is 0 Å². The fourth-order valence-corrected chi connectivity index (χ4v) is 5.59. The van der Waals surface area contributed by atoms with Crippen molar-refractivity contribution in [2.24, 2.45) is 5.41 Å². The first kappa shape index (κ1) is 20.9. The number of rotatable bonds is 4. The van der Waals surface area contributed by atoms with E-state index in [2.05, 4.69) is 29.3 Å². The molecule has 3 amide bonds. The summed E-state index contributed by atoms with van der Waals surface area (Å²) in [6.07, 6.45) is 0.510. The molecule has 2 aromatic rings. The van der Waals surface area contributed by atoms with Gasteiger partial charge in [0.15, 0.2) is 0 Å². The van der Waals surface area contributed by atoms with Crippen LogP contribution in [-0.4, -0.2) is 65.9 Å². The highest BCUT2D eigenvalue weighted by atomic mass is 32.1. The quantitative estimate of drug-likeness (QED) is 0.812. The number of para-hydroxylation sites is 1. The van der Waals surface area contributed by atoms with Crippen molar-refractivity contribution in [2.75, 3.05) is 44.6 Å². The molecule has 1 N–H and O–H groups in total. The summed E-state index contributed by atoms with van der Waals surface area (Å²) < 4.78 is 0. The maximum atomic E-state index is 13.1. The number of aryl methyl sites for hydroxylation is 1. The minimum Gasteiger partial charge on any atom is -0.342 e. The first-order chi connectivity index (χ1) is 14.5. The van der Waals surface area contributed by atoms with Gasteiger partial charge in [-0.15, -0.1) is 11.3 Å². The number of nitrogens with zero attached hydrogens (tertiary/aromatic N) is 3. The number of likely N-dealkylation sites (tertiary alicyclic amines) is 1. The molecular formula is C23H30N4O2S.